The van der Waals surface area contributed by atoms with Crippen molar-refractivity contribution in [2.45, 2.75) is 30.6 Å². The van der Waals surface area contributed by atoms with Crippen LogP contribution in [0.5, 0.6) is 0 Å². The molecule has 0 atom stereocenters. The molecule has 0 saturated heterocycles. The minimum absolute atomic E-state index is 0.0557. The number of para-hydroxylation sites is 1. The number of H-pyrrole nitrogens is 1. The van der Waals surface area contributed by atoms with Crippen LogP contribution in [0.2, 0.25) is 0 Å². The van der Waals surface area contributed by atoms with Crippen LogP contribution in [-0.4, -0.2) is 19.3 Å². The van der Waals surface area contributed by atoms with Crippen molar-refractivity contribution in [1.29, 1.82) is 0 Å². The number of benzene rings is 2. The van der Waals surface area contributed by atoms with Gasteiger partial charge in [-0.1, -0.05) is 18.2 Å². The zero-order valence-electron chi connectivity index (χ0n) is 13.9. The molecule has 134 valence electrons. The number of carbonyl (C=O) groups is 1. The molecule has 26 heavy (non-hydrogen) atoms. The summed E-state index contributed by atoms with van der Waals surface area (Å²) in [5.41, 5.74) is 3.43. The van der Waals surface area contributed by atoms with Gasteiger partial charge in [0.25, 0.3) is 15.9 Å². The Labute approximate surface area is 160 Å². The Morgan fingerprint density at radius 1 is 1.08 bits per heavy atom. The third kappa shape index (κ3) is 3.05. The van der Waals surface area contributed by atoms with Crippen molar-refractivity contribution in [3.63, 3.8) is 0 Å². The molecule has 7 heteroatoms. The molecule has 1 aliphatic rings. The van der Waals surface area contributed by atoms with Crippen molar-refractivity contribution in [3.8, 4) is 0 Å². The fourth-order valence-electron chi connectivity index (χ4n) is 3.42. The molecule has 0 aliphatic heterocycles. The van der Waals surface area contributed by atoms with E-state index in [0.29, 0.717) is 16.5 Å². The molecule has 3 aromatic rings. The summed E-state index contributed by atoms with van der Waals surface area (Å²) in [6, 6.07) is 10.7. The number of halogens is 1. The lowest BCUT2D eigenvalue weighted by molar-refractivity contribution is 0.0981. The van der Waals surface area contributed by atoms with Crippen molar-refractivity contribution in [2.24, 2.45) is 0 Å². The second-order valence-electron chi connectivity index (χ2n) is 6.44. The van der Waals surface area contributed by atoms with Crippen molar-refractivity contribution in [3.05, 3.63) is 63.8 Å². The summed E-state index contributed by atoms with van der Waals surface area (Å²) in [6.07, 6.45) is 5.60. The normalized spacial score (nSPS) is 14.2. The first-order valence-corrected chi connectivity index (χ1v) is 10.7. The Bertz CT molecular complexity index is 1120. The van der Waals surface area contributed by atoms with E-state index in [-0.39, 0.29) is 4.90 Å². The summed E-state index contributed by atoms with van der Waals surface area (Å²) >= 11 is 3.39. The Morgan fingerprint density at radius 3 is 2.65 bits per heavy atom. The van der Waals surface area contributed by atoms with Crippen LogP contribution in [-0.2, 0) is 22.9 Å². The van der Waals surface area contributed by atoms with Crippen LogP contribution >= 0.6 is 15.9 Å². The molecule has 2 aromatic carbocycles. The van der Waals surface area contributed by atoms with E-state index in [9.17, 15) is 13.2 Å². The molecular weight excluding hydrogens is 416 g/mol. The van der Waals surface area contributed by atoms with E-state index < -0.39 is 15.9 Å². The number of aryl methyl sites for hydroxylation is 2. The number of aromatic nitrogens is 1. The highest BCUT2D eigenvalue weighted by atomic mass is 79.9. The quantitative estimate of drug-likeness (QED) is 0.657. The molecule has 0 bridgehead atoms. The monoisotopic (exact) mass is 432 g/mol. The Hall–Kier alpha value is -2.12. The van der Waals surface area contributed by atoms with Crippen LogP contribution in [0.25, 0.3) is 10.9 Å². The van der Waals surface area contributed by atoms with E-state index in [1.165, 1.54) is 11.8 Å². The van der Waals surface area contributed by atoms with Crippen molar-refractivity contribution >= 4 is 42.8 Å². The molecular formula is C19H17BrN2O3S. The van der Waals surface area contributed by atoms with Gasteiger partial charge in [-0.05, 0) is 70.9 Å². The van der Waals surface area contributed by atoms with Gasteiger partial charge in [0, 0.05) is 21.6 Å². The van der Waals surface area contributed by atoms with Crippen molar-refractivity contribution < 1.29 is 13.2 Å². The Kier molecular flexibility index (Phi) is 4.36. The van der Waals surface area contributed by atoms with Crippen LogP contribution in [0.1, 0.15) is 34.3 Å². The molecule has 5 nitrogen and oxygen atoms in total. The fourth-order valence-corrected chi connectivity index (χ4v) is 5.05. The second kappa shape index (κ2) is 6.55. The zero-order valence-corrected chi connectivity index (χ0v) is 16.3. The first-order valence-electron chi connectivity index (χ1n) is 8.40. The highest BCUT2D eigenvalue weighted by Crippen LogP contribution is 2.28. The topological polar surface area (TPSA) is 79.0 Å². The third-order valence-electron chi connectivity index (χ3n) is 4.75. The van der Waals surface area contributed by atoms with Crippen LogP contribution in [0.3, 0.4) is 0 Å². The fraction of sp³-hybridized carbons (Fsp3) is 0.211. The minimum Gasteiger partial charge on any atom is -0.359 e. The maximum Gasteiger partial charge on any atom is 0.266 e. The smallest absolute Gasteiger partial charge is 0.266 e. The molecule has 0 saturated carbocycles. The van der Waals surface area contributed by atoms with Crippen LogP contribution in [0.15, 0.2) is 52.0 Å². The van der Waals surface area contributed by atoms with Gasteiger partial charge in [-0.25, -0.2) is 13.1 Å². The molecule has 1 amide bonds. The van der Waals surface area contributed by atoms with E-state index in [2.05, 4.69) is 25.6 Å². The van der Waals surface area contributed by atoms with Crippen LogP contribution < -0.4 is 4.72 Å². The lowest BCUT2D eigenvalue weighted by Crippen LogP contribution is -2.30. The number of aromatic amines is 1. The van der Waals surface area contributed by atoms with Gasteiger partial charge in [-0.15, -0.1) is 0 Å². The molecule has 1 aliphatic carbocycles. The minimum atomic E-state index is -3.98. The molecule has 0 radical (unpaired) electrons. The average Bonchev–Trinajstić information content (AvgIpc) is 3.07. The number of carbonyl (C=O) groups excluding carboxylic acids is 1. The summed E-state index contributed by atoms with van der Waals surface area (Å²) in [4.78, 5) is 15.5. The molecule has 0 fully saturated rings. The Balaban J connectivity index is 1.65. The summed E-state index contributed by atoms with van der Waals surface area (Å²) in [5.74, 6) is -0.609. The number of hydrogen-bond acceptors (Lipinski definition) is 3. The molecule has 1 aromatic heterocycles. The highest BCUT2D eigenvalue weighted by Gasteiger charge is 2.23. The van der Waals surface area contributed by atoms with Gasteiger partial charge in [-0.3, -0.25) is 4.79 Å². The molecule has 2 N–H and O–H groups in total. The number of rotatable bonds is 3. The largest absolute Gasteiger partial charge is 0.359 e. The van der Waals surface area contributed by atoms with Gasteiger partial charge in [0.1, 0.15) is 4.90 Å². The number of hydrogen-bond donors (Lipinski definition) is 2. The van der Waals surface area contributed by atoms with E-state index >= 15 is 0 Å². The molecule has 0 unspecified atom stereocenters. The predicted molar refractivity (Wildman–Crippen MR) is 104 cm³/mol. The third-order valence-corrected chi connectivity index (χ3v) is 6.79. The summed E-state index contributed by atoms with van der Waals surface area (Å²) in [6.45, 7) is 0. The van der Waals surface area contributed by atoms with E-state index in [1.807, 2.05) is 18.2 Å². The Morgan fingerprint density at radius 2 is 1.85 bits per heavy atom. The van der Waals surface area contributed by atoms with Crippen molar-refractivity contribution in [2.75, 3.05) is 0 Å². The SMILES string of the molecule is O=C(NS(=O)(=O)c1c[nH]c2c(Br)cccc12)c1ccc2c(c1)CCCC2. The lowest BCUT2D eigenvalue weighted by Gasteiger charge is -2.16. The first kappa shape index (κ1) is 17.3. The maximum absolute atomic E-state index is 12.7. The second-order valence-corrected chi connectivity index (χ2v) is 8.95. The van der Waals surface area contributed by atoms with Gasteiger partial charge >= 0.3 is 0 Å². The maximum atomic E-state index is 12.7. The van der Waals surface area contributed by atoms with Crippen LogP contribution in [0.4, 0.5) is 0 Å². The van der Waals surface area contributed by atoms with Crippen molar-refractivity contribution in [1.82, 2.24) is 9.71 Å². The van der Waals surface area contributed by atoms with E-state index in [1.54, 1.807) is 18.2 Å². The highest BCUT2D eigenvalue weighted by molar-refractivity contribution is 9.10. The summed E-state index contributed by atoms with van der Waals surface area (Å²) < 4.78 is 28.4. The van der Waals surface area contributed by atoms with Gasteiger partial charge in [0.2, 0.25) is 0 Å². The number of fused-ring (bicyclic) bond motifs is 2. The average molecular weight is 433 g/mol. The van der Waals surface area contributed by atoms with Crippen LogP contribution in [0, 0.1) is 0 Å². The van der Waals surface area contributed by atoms with Gasteiger partial charge < -0.3 is 4.98 Å². The molecule has 4 rings (SSSR count). The number of nitrogens with one attached hydrogen (secondary N) is 2. The van der Waals surface area contributed by atoms with Gasteiger partial charge in [0.05, 0.1) is 5.52 Å². The van der Waals surface area contributed by atoms with E-state index in [4.69, 9.17) is 0 Å². The summed E-state index contributed by atoms with van der Waals surface area (Å²) in [5, 5.41) is 0.533. The number of amides is 1. The predicted octanol–water partition coefficient (Wildman–Crippen LogP) is 3.93. The number of sulfonamides is 1. The van der Waals surface area contributed by atoms with Gasteiger partial charge in [0.15, 0.2) is 0 Å². The standard InChI is InChI=1S/C19H17BrN2O3S/c20-16-7-3-6-15-17(11-21-18(15)16)26(24,25)22-19(23)14-9-8-12-4-1-2-5-13(12)10-14/h3,6-11,21H,1-2,4-5H2,(H,22,23). The summed E-state index contributed by atoms with van der Waals surface area (Å²) in [7, 11) is -3.98. The molecule has 1 heterocycles. The lowest BCUT2D eigenvalue weighted by atomic mass is 9.90. The first-order chi connectivity index (χ1) is 12.5. The van der Waals surface area contributed by atoms with Gasteiger partial charge in [-0.2, -0.15) is 0 Å². The molecule has 0 spiro atoms. The van der Waals surface area contributed by atoms with E-state index in [0.717, 1.165) is 35.7 Å². The zero-order chi connectivity index (χ0) is 18.3.